The molecule has 0 N–H and O–H groups in total. The number of halogens is 1. The van der Waals surface area contributed by atoms with Crippen LogP contribution in [-0.2, 0) is 9.59 Å². The van der Waals surface area contributed by atoms with E-state index in [0.29, 0.717) is 35.4 Å². The molecule has 0 aliphatic carbocycles. The predicted molar refractivity (Wildman–Crippen MR) is 103 cm³/mol. The Hall–Kier alpha value is -2.93. The molecule has 2 amide bonds. The average molecular weight is 403 g/mol. The van der Waals surface area contributed by atoms with Crippen molar-refractivity contribution in [3.63, 3.8) is 0 Å². The average Bonchev–Trinajstić information content (AvgIpc) is 3.17. The highest BCUT2D eigenvalue weighted by Crippen LogP contribution is 2.36. The van der Waals surface area contributed by atoms with E-state index in [1.54, 1.807) is 53.1 Å². The Morgan fingerprint density at radius 1 is 1.14 bits per heavy atom. The van der Waals surface area contributed by atoms with Crippen molar-refractivity contribution in [1.82, 2.24) is 4.90 Å². The summed E-state index contributed by atoms with van der Waals surface area (Å²) in [5, 5.41) is 0.595. The quantitative estimate of drug-likeness (QED) is 0.786. The van der Waals surface area contributed by atoms with E-state index in [1.807, 2.05) is 6.07 Å². The van der Waals surface area contributed by atoms with Crippen LogP contribution < -0.4 is 19.1 Å². The number of anilines is 1. The van der Waals surface area contributed by atoms with Gasteiger partial charge in [-0.05, 0) is 43.3 Å². The van der Waals surface area contributed by atoms with Gasteiger partial charge >= 0.3 is 0 Å². The molecule has 0 aromatic heterocycles. The molecule has 28 heavy (non-hydrogen) atoms. The molecule has 2 aliphatic heterocycles. The molecule has 0 saturated carbocycles. The van der Waals surface area contributed by atoms with Crippen LogP contribution in [0.1, 0.15) is 6.92 Å². The largest absolute Gasteiger partial charge is 0.484 e. The van der Waals surface area contributed by atoms with Gasteiger partial charge in [-0.1, -0.05) is 11.6 Å². The minimum Gasteiger partial charge on any atom is -0.484 e. The third kappa shape index (κ3) is 3.57. The Morgan fingerprint density at radius 3 is 2.68 bits per heavy atom. The van der Waals surface area contributed by atoms with Crippen molar-refractivity contribution in [2.75, 3.05) is 31.4 Å². The summed E-state index contributed by atoms with van der Waals surface area (Å²) in [4.78, 5) is 28.6. The number of amides is 2. The summed E-state index contributed by atoms with van der Waals surface area (Å²) in [5.41, 5.74) is 0.727. The number of rotatable bonds is 4. The Morgan fingerprint density at radius 2 is 1.89 bits per heavy atom. The molecule has 8 heteroatoms. The number of nitrogens with zero attached hydrogens (tertiary/aromatic N) is 2. The molecule has 7 nitrogen and oxygen atoms in total. The summed E-state index contributed by atoms with van der Waals surface area (Å²) in [7, 11) is 0. The highest BCUT2D eigenvalue weighted by molar-refractivity contribution is 6.30. The number of fused-ring (bicyclic) bond motifs is 1. The zero-order chi connectivity index (χ0) is 19.7. The number of piperazine rings is 1. The van der Waals surface area contributed by atoms with Crippen LogP contribution >= 0.6 is 11.6 Å². The molecule has 0 radical (unpaired) electrons. The van der Waals surface area contributed by atoms with Crippen LogP contribution in [0.3, 0.4) is 0 Å². The molecule has 1 fully saturated rings. The fourth-order valence-corrected chi connectivity index (χ4v) is 3.41. The lowest BCUT2D eigenvalue weighted by atomic mass is 10.1. The SMILES string of the molecule is CC1C(=O)N(c2ccc3c(c2)OCO3)CCN1C(=O)COc1ccc(Cl)cc1. The lowest BCUT2D eigenvalue weighted by Gasteiger charge is -2.39. The highest BCUT2D eigenvalue weighted by atomic mass is 35.5. The Kier molecular flexibility index (Phi) is 5.00. The number of carbonyl (C=O) groups is 2. The third-order valence-electron chi connectivity index (χ3n) is 4.82. The molecule has 4 rings (SSSR count). The maximum atomic E-state index is 12.9. The van der Waals surface area contributed by atoms with Gasteiger partial charge in [0.1, 0.15) is 11.8 Å². The van der Waals surface area contributed by atoms with Crippen LogP contribution in [0.2, 0.25) is 5.02 Å². The molecule has 1 unspecified atom stereocenters. The van der Waals surface area contributed by atoms with Gasteiger partial charge in [0.2, 0.25) is 12.7 Å². The van der Waals surface area contributed by atoms with E-state index >= 15 is 0 Å². The fraction of sp³-hybridized carbons (Fsp3) is 0.300. The van der Waals surface area contributed by atoms with Crippen molar-refractivity contribution in [2.24, 2.45) is 0 Å². The zero-order valence-electron chi connectivity index (χ0n) is 15.3. The van der Waals surface area contributed by atoms with E-state index in [0.717, 1.165) is 5.69 Å². The summed E-state index contributed by atoms with van der Waals surface area (Å²) in [5.74, 6) is 1.45. The van der Waals surface area contributed by atoms with Crippen LogP contribution in [0.4, 0.5) is 5.69 Å². The third-order valence-corrected chi connectivity index (χ3v) is 5.07. The minimum absolute atomic E-state index is 0.136. The van der Waals surface area contributed by atoms with Gasteiger partial charge in [0.15, 0.2) is 18.1 Å². The molecule has 1 atom stereocenters. The Balaban J connectivity index is 1.40. The molecular formula is C20H19ClN2O5. The molecule has 146 valence electrons. The first-order chi connectivity index (χ1) is 13.5. The first kappa shape index (κ1) is 18.4. The summed E-state index contributed by atoms with van der Waals surface area (Å²) in [6, 6.07) is 11.6. The lowest BCUT2D eigenvalue weighted by molar-refractivity contribution is -0.142. The maximum absolute atomic E-state index is 12.9. The number of benzene rings is 2. The summed E-state index contributed by atoms with van der Waals surface area (Å²) < 4.78 is 16.2. The molecule has 1 saturated heterocycles. The van der Waals surface area contributed by atoms with Gasteiger partial charge in [-0.3, -0.25) is 9.59 Å². The fourth-order valence-electron chi connectivity index (χ4n) is 3.28. The number of ether oxygens (including phenoxy) is 3. The smallest absolute Gasteiger partial charge is 0.261 e. The Labute approximate surface area is 167 Å². The number of hydrogen-bond donors (Lipinski definition) is 0. The van der Waals surface area contributed by atoms with E-state index in [9.17, 15) is 9.59 Å². The Bertz CT molecular complexity index is 902. The van der Waals surface area contributed by atoms with Crippen LogP contribution in [-0.4, -0.2) is 49.2 Å². The van der Waals surface area contributed by atoms with Gasteiger partial charge in [-0.2, -0.15) is 0 Å². The van der Waals surface area contributed by atoms with Crippen molar-refractivity contribution < 1.29 is 23.8 Å². The van der Waals surface area contributed by atoms with Crippen molar-refractivity contribution >= 4 is 29.1 Å². The first-order valence-electron chi connectivity index (χ1n) is 8.92. The van der Waals surface area contributed by atoms with Crippen LogP contribution in [0.15, 0.2) is 42.5 Å². The van der Waals surface area contributed by atoms with Gasteiger partial charge in [0, 0.05) is 29.9 Å². The van der Waals surface area contributed by atoms with E-state index < -0.39 is 6.04 Å². The molecular weight excluding hydrogens is 384 g/mol. The van der Waals surface area contributed by atoms with E-state index in [2.05, 4.69) is 0 Å². The second kappa shape index (κ2) is 7.59. The second-order valence-corrected chi connectivity index (χ2v) is 6.97. The number of carbonyl (C=O) groups excluding carboxylic acids is 2. The van der Waals surface area contributed by atoms with Crippen LogP contribution in [0, 0.1) is 0 Å². The predicted octanol–water partition coefficient (Wildman–Crippen LogP) is 2.71. The van der Waals surface area contributed by atoms with Gasteiger partial charge in [-0.25, -0.2) is 0 Å². The van der Waals surface area contributed by atoms with Crippen molar-refractivity contribution in [1.29, 1.82) is 0 Å². The van der Waals surface area contributed by atoms with Crippen LogP contribution in [0.25, 0.3) is 0 Å². The molecule has 0 bridgehead atoms. The zero-order valence-corrected chi connectivity index (χ0v) is 16.0. The molecule has 0 spiro atoms. The topological polar surface area (TPSA) is 68.3 Å². The van der Waals surface area contributed by atoms with Gasteiger partial charge in [0.25, 0.3) is 5.91 Å². The van der Waals surface area contributed by atoms with E-state index in [-0.39, 0.29) is 25.2 Å². The lowest BCUT2D eigenvalue weighted by Crippen LogP contribution is -2.58. The summed E-state index contributed by atoms with van der Waals surface area (Å²) in [6.45, 7) is 2.59. The van der Waals surface area contributed by atoms with E-state index in [1.165, 1.54) is 0 Å². The molecule has 2 heterocycles. The van der Waals surface area contributed by atoms with Crippen molar-refractivity contribution in [2.45, 2.75) is 13.0 Å². The second-order valence-electron chi connectivity index (χ2n) is 6.53. The normalized spacial score (nSPS) is 18.4. The highest BCUT2D eigenvalue weighted by Gasteiger charge is 2.35. The van der Waals surface area contributed by atoms with Crippen molar-refractivity contribution in [3.8, 4) is 17.2 Å². The monoisotopic (exact) mass is 402 g/mol. The standard InChI is InChI=1S/C20H19ClN2O5/c1-13-20(25)23(15-4-7-17-18(10-15)28-12-27-17)9-8-22(13)19(24)11-26-16-5-2-14(21)3-6-16/h2-7,10,13H,8-9,11-12H2,1H3. The van der Waals surface area contributed by atoms with E-state index in [4.69, 9.17) is 25.8 Å². The van der Waals surface area contributed by atoms with Crippen LogP contribution in [0.5, 0.6) is 17.2 Å². The number of hydrogen-bond acceptors (Lipinski definition) is 5. The van der Waals surface area contributed by atoms with Gasteiger partial charge < -0.3 is 24.0 Å². The molecule has 2 aromatic carbocycles. The first-order valence-corrected chi connectivity index (χ1v) is 9.29. The van der Waals surface area contributed by atoms with Crippen molar-refractivity contribution in [3.05, 3.63) is 47.5 Å². The summed E-state index contributed by atoms with van der Waals surface area (Å²) >= 11 is 5.84. The maximum Gasteiger partial charge on any atom is 0.261 e. The minimum atomic E-state index is -0.583. The van der Waals surface area contributed by atoms with Gasteiger partial charge in [-0.15, -0.1) is 0 Å². The molecule has 2 aliphatic rings. The molecule has 2 aromatic rings. The summed E-state index contributed by atoms with van der Waals surface area (Å²) in [6.07, 6.45) is 0. The van der Waals surface area contributed by atoms with Gasteiger partial charge in [0.05, 0.1) is 0 Å².